The molecule has 0 radical (unpaired) electrons. The Labute approximate surface area is 174 Å². The molecule has 0 aliphatic carbocycles. The van der Waals surface area contributed by atoms with Crippen LogP contribution in [0.5, 0.6) is 0 Å². The number of carboxylic acid groups (broad SMARTS) is 1. The van der Waals surface area contributed by atoms with Crippen molar-refractivity contribution >= 4 is 16.0 Å². The minimum atomic E-state index is -3.73. The van der Waals surface area contributed by atoms with Gasteiger partial charge < -0.3 is 5.11 Å². The molecule has 0 fully saturated rings. The molecule has 3 rings (SSSR count). The maximum absolute atomic E-state index is 11.8. The van der Waals surface area contributed by atoms with E-state index >= 15 is 0 Å². The number of nitrogens with two attached hydrogens (primary N) is 1. The lowest BCUT2D eigenvalue weighted by Gasteiger charge is -2.21. The van der Waals surface area contributed by atoms with Crippen LogP contribution in [0.2, 0.25) is 0 Å². The van der Waals surface area contributed by atoms with Crippen molar-refractivity contribution in [3.05, 3.63) is 59.9 Å². The molecule has 158 valence electrons. The summed E-state index contributed by atoms with van der Waals surface area (Å²) in [5.41, 5.74) is 2.69. The van der Waals surface area contributed by atoms with E-state index < -0.39 is 27.8 Å². The van der Waals surface area contributed by atoms with Crippen LogP contribution in [0.25, 0.3) is 11.1 Å². The molecule has 1 heterocycles. The second kappa shape index (κ2) is 9.14. The zero-order chi connectivity index (χ0) is 21.7. The Bertz CT molecular complexity index is 1080. The van der Waals surface area contributed by atoms with Crippen molar-refractivity contribution in [1.82, 2.24) is 20.6 Å². The van der Waals surface area contributed by atoms with Gasteiger partial charge in [0.15, 0.2) is 5.82 Å². The molecule has 3 aromatic rings. The summed E-state index contributed by atoms with van der Waals surface area (Å²) in [5, 5.41) is 28.8. The van der Waals surface area contributed by atoms with Crippen LogP contribution in [0.1, 0.15) is 37.1 Å². The Morgan fingerprint density at radius 3 is 2.17 bits per heavy atom. The van der Waals surface area contributed by atoms with Crippen LogP contribution in [-0.4, -0.2) is 40.1 Å². The third kappa shape index (κ3) is 5.08. The number of nitrogens with one attached hydrogen (secondary N) is 1. The van der Waals surface area contributed by atoms with Crippen LogP contribution in [0.3, 0.4) is 0 Å². The third-order valence-electron chi connectivity index (χ3n) is 5.02. The van der Waals surface area contributed by atoms with Crippen LogP contribution in [0.4, 0.5) is 0 Å². The minimum absolute atomic E-state index is 0.0569. The standard InChI is InChI=1S/C20H23N5O4S/c1-2-3-17(20(26)27)18(19-22-24-25-23-19)12-13-4-6-14(7-5-13)15-8-10-16(11-9-15)30(21,28)29/h4-11,17-18H,2-3,12H2,1H3,(H,26,27)(H2,21,28,29)(H,22,23,24,25). The summed E-state index contributed by atoms with van der Waals surface area (Å²) in [5.74, 6) is -1.50. The molecule has 0 saturated heterocycles. The van der Waals surface area contributed by atoms with Gasteiger partial charge in [0.05, 0.1) is 10.8 Å². The minimum Gasteiger partial charge on any atom is -0.481 e. The number of hydrogen-bond donors (Lipinski definition) is 3. The average molecular weight is 430 g/mol. The highest BCUT2D eigenvalue weighted by Crippen LogP contribution is 2.30. The molecule has 4 N–H and O–H groups in total. The molecule has 1 aromatic heterocycles. The summed E-state index contributed by atoms with van der Waals surface area (Å²) in [6.07, 6.45) is 1.71. The summed E-state index contributed by atoms with van der Waals surface area (Å²) in [7, 11) is -3.73. The number of aromatic nitrogens is 4. The molecule has 30 heavy (non-hydrogen) atoms. The number of sulfonamides is 1. The van der Waals surface area contributed by atoms with Gasteiger partial charge in [-0.05, 0) is 41.7 Å². The van der Waals surface area contributed by atoms with Crippen molar-refractivity contribution in [3.63, 3.8) is 0 Å². The van der Waals surface area contributed by atoms with E-state index in [1.54, 1.807) is 12.1 Å². The van der Waals surface area contributed by atoms with Gasteiger partial charge in [-0.25, -0.2) is 13.6 Å². The lowest BCUT2D eigenvalue weighted by molar-refractivity contribution is -0.143. The lowest BCUT2D eigenvalue weighted by Crippen LogP contribution is -2.25. The molecule has 0 saturated carbocycles. The van der Waals surface area contributed by atoms with Gasteiger partial charge in [-0.2, -0.15) is 5.21 Å². The first-order valence-electron chi connectivity index (χ1n) is 9.48. The number of tetrazole rings is 1. The summed E-state index contributed by atoms with van der Waals surface area (Å²) in [6, 6.07) is 14.0. The van der Waals surface area contributed by atoms with E-state index in [2.05, 4.69) is 20.6 Å². The summed E-state index contributed by atoms with van der Waals surface area (Å²) in [6.45, 7) is 1.94. The molecule has 0 spiro atoms. The Morgan fingerprint density at radius 1 is 1.10 bits per heavy atom. The quantitative estimate of drug-likeness (QED) is 0.472. The molecule has 0 bridgehead atoms. The van der Waals surface area contributed by atoms with Crippen molar-refractivity contribution in [2.24, 2.45) is 11.1 Å². The van der Waals surface area contributed by atoms with Crippen molar-refractivity contribution in [3.8, 4) is 11.1 Å². The van der Waals surface area contributed by atoms with Crippen molar-refractivity contribution in [2.45, 2.75) is 37.0 Å². The maximum atomic E-state index is 11.8. The zero-order valence-electron chi connectivity index (χ0n) is 16.4. The normalized spacial score (nSPS) is 13.7. The summed E-state index contributed by atoms with van der Waals surface area (Å²) >= 11 is 0. The van der Waals surface area contributed by atoms with Crippen molar-refractivity contribution in [2.75, 3.05) is 0 Å². The predicted molar refractivity (Wildman–Crippen MR) is 110 cm³/mol. The summed E-state index contributed by atoms with van der Waals surface area (Å²) in [4.78, 5) is 11.9. The second-order valence-corrected chi connectivity index (χ2v) is 8.64. The van der Waals surface area contributed by atoms with Gasteiger partial charge in [-0.3, -0.25) is 4.79 Å². The highest BCUT2D eigenvalue weighted by atomic mass is 32.2. The number of H-pyrrole nitrogens is 1. The van der Waals surface area contributed by atoms with Crippen molar-refractivity contribution in [1.29, 1.82) is 0 Å². The molecular formula is C20H23N5O4S. The Morgan fingerprint density at radius 2 is 1.70 bits per heavy atom. The summed E-state index contributed by atoms with van der Waals surface area (Å²) < 4.78 is 22.8. The third-order valence-corrected chi connectivity index (χ3v) is 5.95. The molecule has 2 atom stereocenters. The number of hydrogen-bond acceptors (Lipinski definition) is 6. The highest BCUT2D eigenvalue weighted by Gasteiger charge is 2.31. The van der Waals surface area contributed by atoms with Crippen LogP contribution in [-0.2, 0) is 21.2 Å². The fourth-order valence-electron chi connectivity index (χ4n) is 3.47. The highest BCUT2D eigenvalue weighted by molar-refractivity contribution is 7.89. The molecule has 9 nitrogen and oxygen atoms in total. The van der Waals surface area contributed by atoms with Gasteiger partial charge in [-0.15, -0.1) is 10.2 Å². The number of carbonyl (C=O) groups is 1. The SMILES string of the molecule is CCCC(C(=O)O)C(Cc1ccc(-c2ccc(S(N)(=O)=O)cc2)cc1)c1nn[nH]n1. The molecule has 0 aliphatic rings. The van der Waals surface area contributed by atoms with Gasteiger partial charge in [-0.1, -0.05) is 55.0 Å². The van der Waals surface area contributed by atoms with E-state index in [4.69, 9.17) is 5.14 Å². The first-order chi connectivity index (χ1) is 14.3. The van der Waals surface area contributed by atoms with Crippen LogP contribution < -0.4 is 5.14 Å². The van der Waals surface area contributed by atoms with Crippen LogP contribution >= 0.6 is 0 Å². The average Bonchev–Trinajstić information content (AvgIpc) is 3.25. The topological polar surface area (TPSA) is 152 Å². The number of nitrogens with zero attached hydrogens (tertiary/aromatic N) is 3. The van der Waals surface area contributed by atoms with E-state index in [0.717, 1.165) is 23.1 Å². The van der Waals surface area contributed by atoms with Gasteiger partial charge in [0.2, 0.25) is 10.0 Å². The number of benzene rings is 2. The molecular weight excluding hydrogens is 406 g/mol. The van der Waals surface area contributed by atoms with E-state index in [-0.39, 0.29) is 4.90 Å². The molecule has 2 aromatic carbocycles. The zero-order valence-corrected chi connectivity index (χ0v) is 17.2. The fraction of sp³-hybridized carbons (Fsp3) is 0.300. The number of carboxylic acids is 1. The largest absolute Gasteiger partial charge is 0.481 e. The fourth-order valence-corrected chi connectivity index (χ4v) is 3.99. The van der Waals surface area contributed by atoms with Gasteiger partial charge in [0.1, 0.15) is 0 Å². The monoisotopic (exact) mass is 429 g/mol. The molecule has 10 heteroatoms. The predicted octanol–water partition coefficient (Wildman–Crippen LogP) is 2.34. The number of rotatable bonds is 9. The number of primary sulfonamides is 1. The Hall–Kier alpha value is -3.11. The number of aliphatic carboxylic acids is 1. The van der Waals surface area contributed by atoms with E-state index in [9.17, 15) is 18.3 Å². The number of aromatic amines is 1. The first-order valence-corrected chi connectivity index (χ1v) is 11.0. The van der Waals surface area contributed by atoms with Crippen LogP contribution in [0.15, 0.2) is 53.4 Å². The molecule has 0 aliphatic heterocycles. The van der Waals surface area contributed by atoms with Gasteiger partial charge >= 0.3 is 5.97 Å². The molecule has 0 amide bonds. The lowest BCUT2D eigenvalue weighted by atomic mass is 9.83. The van der Waals surface area contributed by atoms with E-state index in [0.29, 0.717) is 18.7 Å². The smallest absolute Gasteiger partial charge is 0.307 e. The van der Waals surface area contributed by atoms with E-state index in [1.807, 2.05) is 31.2 Å². The van der Waals surface area contributed by atoms with Gasteiger partial charge in [0, 0.05) is 5.92 Å². The Kier molecular flexibility index (Phi) is 6.58. The first kappa shape index (κ1) is 21.6. The maximum Gasteiger partial charge on any atom is 0.307 e. The molecule has 2 unspecified atom stereocenters. The van der Waals surface area contributed by atoms with Gasteiger partial charge in [0.25, 0.3) is 0 Å². The van der Waals surface area contributed by atoms with E-state index in [1.165, 1.54) is 12.1 Å². The Balaban J connectivity index is 1.82. The second-order valence-electron chi connectivity index (χ2n) is 7.08. The van der Waals surface area contributed by atoms with Crippen molar-refractivity contribution < 1.29 is 18.3 Å². The van der Waals surface area contributed by atoms with Crippen LogP contribution in [0, 0.1) is 5.92 Å².